The first-order valence-electron chi connectivity index (χ1n) is 9.82. The van der Waals surface area contributed by atoms with E-state index in [1.54, 1.807) is 0 Å². The monoisotopic (exact) mass is 376 g/mol. The molecule has 150 valence electrons. The summed E-state index contributed by atoms with van der Waals surface area (Å²) in [4.78, 5) is 22.8. The predicted octanol–water partition coefficient (Wildman–Crippen LogP) is 4.33. The first kappa shape index (κ1) is 24.7. The van der Waals surface area contributed by atoms with Crippen LogP contribution in [0.3, 0.4) is 0 Å². The van der Waals surface area contributed by atoms with Gasteiger partial charge in [0.15, 0.2) is 5.78 Å². The number of ketones is 1. The van der Waals surface area contributed by atoms with E-state index in [1.165, 1.54) is 36.7 Å². The average molecular weight is 377 g/mol. The van der Waals surface area contributed by atoms with Crippen LogP contribution in [0.4, 0.5) is 10.3 Å². The van der Waals surface area contributed by atoms with Crippen LogP contribution in [0, 0.1) is 5.82 Å². The number of hydrogen-bond acceptors (Lipinski definition) is 5. The summed E-state index contributed by atoms with van der Waals surface area (Å²) in [7, 11) is 0. The molecule has 1 aliphatic heterocycles. The number of nitrogens with one attached hydrogen (secondary N) is 1. The number of aromatic nitrogens is 2. The second-order valence-corrected chi connectivity index (χ2v) is 4.84. The van der Waals surface area contributed by atoms with Crippen LogP contribution in [0.25, 0.3) is 0 Å². The Morgan fingerprint density at radius 3 is 1.85 bits per heavy atom. The summed E-state index contributed by atoms with van der Waals surface area (Å²) in [5.41, 5.74) is 0.829. The van der Waals surface area contributed by atoms with E-state index in [1.807, 2.05) is 41.5 Å². The van der Waals surface area contributed by atoms with Gasteiger partial charge in [-0.3, -0.25) is 4.79 Å². The Morgan fingerprint density at radius 2 is 1.37 bits per heavy atom. The van der Waals surface area contributed by atoms with Gasteiger partial charge in [0.05, 0.1) is 5.56 Å². The summed E-state index contributed by atoms with van der Waals surface area (Å²) in [6, 6.07) is 5.45. The molecule has 0 bridgehead atoms. The largest absolute Gasteiger partial charge is 0.338 e. The predicted molar refractivity (Wildman–Crippen MR) is 111 cm³/mol. The Morgan fingerprint density at radius 1 is 0.889 bits per heavy atom. The second kappa shape index (κ2) is 14.8. The number of anilines is 1. The van der Waals surface area contributed by atoms with E-state index in [0.29, 0.717) is 17.1 Å². The Hall–Kier alpha value is -2.34. The molecule has 6 heteroatoms. The molecular formula is C21H33FN4O. The van der Waals surface area contributed by atoms with Crippen LogP contribution in [0.5, 0.6) is 0 Å². The topological polar surface area (TPSA) is 58.1 Å². The molecular weight excluding hydrogens is 343 g/mol. The zero-order valence-corrected chi connectivity index (χ0v) is 17.4. The van der Waals surface area contributed by atoms with E-state index in [9.17, 15) is 9.18 Å². The van der Waals surface area contributed by atoms with Crippen LogP contribution in [-0.2, 0) is 0 Å². The van der Waals surface area contributed by atoms with Gasteiger partial charge in [-0.1, -0.05) is 41.5 Å². The van der Waals surface area contributed by atoms with Crippen LogP contribution in [0.1, 0.15) is 57.5 Å². The van der Waals surface area contributed by atoms with Crippen molar-refractivity contribution in [3.05, 3.63) is 53.6 Å². The highest BCUT2D eigenvalue weighted by atomic mass is 19.1. The van der Waals surface area contributed by atoms with Crippen molar-refractivity contribution < 1.29 is 9.18 Å². The summed E-state index contributed by atoms with van der Waals surface area (Å²) >= 11 is 0. The van der Waals surface area contributed by atoms with Gasteiger partial charge in [0.25, 0.3) is 0 Å². The first-order chi connectivity index (χ1) is 13.2. The molecule has 0 amide bonds. The smallest absolute Gasteiger partial charge is 0.225 e. The molecule has 3 rings (SSSR count). The maximum atomic E-state index is 12.9. The normalized spacial score (nSPS) is 12.3. The lowest BCUT2D eigenvalue weighted by Crippen LogP contribution is -2.44. The van der Waals surface area contributed by atoms with Crippen molar-refractivity contribution in [3.63, 3.8) is 0 Å². The van der Waals surface area contributed by atoms with E-state index in [4.69, 9.17) is 0 Å². The molecule has 0 spiro atoms. The van der Waals surface area contributed by atoms with Gasteiger partial charge in [0, 0.05) is 44.1 Å². The quantitative estimate of drug-likeness (QED) is 0.808. The van der Waals surface area contributed by atoms with Crippen molar-refractivity contribution in [3.8, 4) is 0 Å². The standard InChI is InChI=1S/C15H15FN4O.3C2H6/c16-13-3-1-11(2-4-13)14(21)12-9-18-15(19-10-12)20-7-5-17-6-8-20;3*1-2/h1-4,9-10,17H,5-8H2;3*1-2H3. The molecule has 0 atom stereocenters. The molecule has 0 saturated carbocycles. The van der Waals surface area contributed by atoms with Crippen LogP contribution in [0.15, 0.2) is 36.7 Å². The molecule has 1 aromatic heterocycles. The highest BCUT2D eigenvalue weighted by Crippen LogP contribution is 2.12. The van der Waals surface area contributed by atoms with E-state index >= 15 is 0 Å². The van der Waals surface area contributed by atoms with Crippen molar-refractivity contribution in [2.24, 2.45) is 0 Å². The molecule has 2 heterocycles. The third-order valence-corrected chi connectivity index (χ3v) is 3.41. The lowest BCUT2D eigenvalue weighted by atomic mass is 10.1. The molecule has 1 saturated heterocycles. The summed E-state index contributed by atoms with van der Waals surface area (Å²) in [5, 5.41) is 3.26. The maximum absolute atomic E-state index is 12.9. The molecule has 0 unspecified atom stereocenters. The number of piperazine rings is 1. The third-order valence-electron chi connectivity index (χ3n) is 3.41. The minimum atomic E-state index is -0.364. The van der Waals surface area contributed by atoms with E-state index < -0.39 is 0 Å². The molecule has 1 aliphatic rings. The van der Waals surface area contributed by atoms with Crippen molar-refractivity contribution in [1.29, 1.82) is 0 Å². The number of carbonyl (C=O) groups is 1. The number of nitrogens with zero attached hydrogens (tertiary/aromatic N) is 3. The summed E-state index contributed by atoms with van der Waals surface area (Å²) in [6.07, 6.45) is 3.05. The number of hydrogen-bond donors (Lipinski definition) is 1. The van der Waals surface area contributed by atoms with Gasteiger partial charge in [-0.05, 0) is 24.3 Å². The molecule has 1 aromatic carbocycles. The van der Waals surface area contributed by atoms with Gasteiger partial charge in [0.2, 0.25) is 5.95 Å². The van der Waals surface area contributed by atoms with Crippen molar-refractivity contribution in [2.75, 3.05) is 31.1 Å². The van der Waals surface area contributed by atoms with Crippen molar-refractivity contribution in [1.82, 2.24) is 15.3 Å². The van der Waals surface area contributed by atoms with Crippen molar-refractivity contribution >= 4 is 11.7 Å². The maximum Gasteiger partial charge on any atom is 0.225 e. The zero-order chi connectivity index (χ0) is 20.7. The minimum Gasteiger partial charge on any atom is -0.338 e. The SMILES string of the molecule is CC.CC.CC.O=C(c1ccc(F)cc1)c1cnc(N2CCNCC2)nc1. The molecule has 5 nitrogen and oxygen atoms in total. The van der Waals surface area contributed by atoms with E-state index in [0.717, 1.165) is 26.2 Å². The fourth-order valence-corrected chi connectivity index (χ4v) is 2.23. The fraction of sp³-hybridized carbons (Fsp3) is 0.476. The van der Waals surface area contributed by atoms with Gasteiger partial charge < -0.3 is 10.2 Å². The first-order valence-corrected chi connectivity index (χ1v) is 9.82. The van der Waals surface area contributed by atoms with Crippen LogP contribution < -0.4 is 10.2 Å². The lowest BCUT2D eigenvalue weighted by Gasteiger charge is -2.27. The van der Waals surface area contributed by atoms with Gasteiger partial charge in [0.1, 0.15) is 5.82 Å². The molecule has 2 aromatic rings. The molecule has 0 radical (unpaired) electrons. The fourth-order valence-electron chi connectivity index (χ4n) is 2.23. The minimum absolute atomic E-state index is 0.207. The van der Waals surface area contributed by atoms with Gasteiger partial charge in [-0.2, -0.15) is 0 Å². The van der Waals surface area contributed by atoms with Crippen LogP contribution >= 0.6 is 0 Å². The van der Waals surface area contributed by atoms with Gasteiger partial charge >= 0.3 is 0 Å². The Balaban J connectivity index is 0.00000103. The highest BCUT2D eigenvalue weighted by Gasteiger charge is 2.15. The lowest BCUT2D eigenvalue weighted by molar-refractivity contribution is 0.103. The number of halogens is 1. The Labute approximate surface area is 163 Å². The molecule has 27 heavy (non-hydrogen) atoms. The number of rotatable bonds is 3. The van der Waals surface area contributed by atoms with E-state index in [2.05, 4.69) is 20.2 Å². The summed E-state index contributed by atoms with van der Waals surface area (Å²) < 4.78 is 12.9. The third kappa shape index (κ3) is 7.83. The van der Waals surface area contributed by atoms with Crippen LogP contribution in [0.2, 0.25) is 0 Å². The second-order valence-electron chi connectivity index (χ2n) is 4.84. The van der Waals surface area contributed by atoms with Gasteiger partial charge in [-0.25, -0.2) is 14.4 Å². The molecule has 1 N–H and O–H groups in total. The zero-order valence-electron chi connectivity index (χ0n) is 17.4. The van der Waals surface area contributed by atoms with Crippen LogP contribution in [-0.4, -0.2) is 41.9 Å². The Bertz CT molecular complexity index is 624. The number of benzene rings is 1. The summed E-state index contributed by atoms with van der Waals surface area (Å²) in [6.45, 7) is 15.5. The average Bonchev–Trinajstić information content (AvgIpc) is 2.79. The van der Waals surface area contributed by atoms with Crippen molar-refractivity contribution in [2.45, 2.75) is 41.5 Å². The molecule has 1 fully saturated rings. The summed E-state index contributed by atoms with van der Waals surface area (Å²) in [5.74, 6) is 0.0610. The van der Waals surface area contributed by atoms with E-state index in [-0.39, 0.29) is 11.6 Å². The molecule has 0 aliphatic carbocycles. The number of carbonyl (C=O) groups excluding carboxylic acids is 1. The van der Waals surface area contributed by atoms with Gasteiger partial charge in [-0.15, -0.1) is 0 Å². The highest BCUT2D eigenvalue weighted by molar-refractivity contribution is 6.08. The Kier molecular flexibility index (Phi) is 13.5.